The van der Waals surface area contributed by atoms with Gasteiger partial charge in [-0.25, -0.2) is 0 Å². The number of hydrogen-bond donors (Lipinski definition) is 0. The van der Waals surface area contributed by atoms with Crippen molar-refractivity contribution in [2.24, 2.45) is 11.8 Å². The van der Waals surface area contributed by atoms with E-state index in [1.807, 2.05) is 13.8 Å². The molecular formula is C11H18O2. The van der Waals surface area contributed by atoms with E-state index < -0.39 is 0 Å². The van der Waals surface area contributed by atoms with Crippen molar-refractivity contribution in [3.8, 4) is 0 Å². The van der Waals surface area contributed by atoms with Crippen LogP contribution in [0.15, 0.2) is 24.5 Å². The Bertz CT molecular complexity index is 214. The highest BCUT2D eigenvalue weighted by atomic mass is 16.5. The maximum atomic E-state index is 11.2. The van der Waals surface area contributed by atoms with E-state index >= 15 is 0 Å². The van der Waals surface area contributed by atoms with Gasteiger partial charge in [-0.05, 0) is 19.8 Å². The zero-order valence-electron chi connectivity index (χ0n) is 8.83. The van der Waals surface area contributed by atoms with Gasteiger partial charge in [0.25, 0.3) is 0 Å². The van der Waals surface area contributed by atoms with Crippen LogP contribution in [0.3, 0.4) is 0 Å². The van der Waals surface area contributed by atoms with Gasteiger partial charge >= 0.3 is 5.97 Å². The number of carbonyl (C=O) groups excluding carboxylic acids is 1. The normalized spacial score (nSPS) is 14.1. The van der Waals surface area contributed by atoms with Gasteiger partial charge in [0.15, 0.2) is 0 Å². The fourth-order valence-electron chi connectivity index (χ4n) is 1.04. The Hall–Kier alpha value is -1.05. The van der Waals surface area contributed by atoms with Crippen molar-refractivity contribution < 1.29 is 9.53 Å². The maximum absolute atomic E-state index is 11.2. The molecule has 74 valence electrons. The molecule has 0 amide bonds. The average Bonchev–Trinajstić information content (AvgIpc) is 2.02. The molecular weight excluding hydrogens is 164 g/mol. The minimum Gasteiger partial charge on any atom is -0.435 e. The van der Waals surface area contributed by atoms with E-state index in [2.05, 4.69) is 26.5 Å². The first-order valence-corrected chi connectivity index (χ1v) is 4.48. The lowest BCUT2D eigenvalue weighted by Crippen LogP contribution is -2.13. The molecule has 0 saturated carbocycles. The Kier molecular flexibility index (Phi) is 5.12. The summed E-state index contributed by atoms with van der Waals surface area (Å²) in [6, 6.07) is 0. The molecule has 2 nitrogen and oxygen atoms in total. The molecule has 13 heavy (non-hydrogen) atoms. The summed E-state index contributed by atoms with van der Waals surface area (Å²) in [4.78, 5) is 11.2. The highest BCUT2D eigenvalue weighted by Gasteiger charge is 2.15. The predicted molar refractivity (Wildman–Crippen MR) is 54.0 cm³/mol. The van der Waals surface area contributed by atoms with Crippen LogP contribution < -0.4 is 0 Å². The summed E-state index contributed by atoms with van der Waals surface area (Å²) in [6.07, 6.45) is 3.23. The van der Waals surface area contributed by atoms with Gasteiger partial charge in [0.1, 0.15) is 0 Å². The van der Waals surface area contributed by atoms with Crippen molar-refractivity contribution in [1.29, 1.82) is 0 Å². The largest absolute Gasteiger partial charge is 0.435 e. The SMILES string of the molecule is C=COC(=O)C(C)C(C)=CC(C)C. The van der Waals surface area contributed by atoms with Crippen LogP contribution in [0.2, 0.25) is 0 Å². The Morgan fingerprint density at radius 3 is 2.31 bits per heavy atom. The van der Waals surface area contributed by atoms with E-state index in [4.69, 9.17) is 4.74 Å². The number of rotatable bonds is 4. The van der Waals surface area contributed by atoms with Gasteiger partial charge in [-0.15, -0.1) is 0 Å². The lowest BCUT2D eigenvalue weighted by molar-refractivity contribution is -0.140. The molecule has 0 rings (SSSR count). The van der Waals surface area contributed by atoms with Crippen LogP contribution in [0.4, 0.5) is 0 Å². The molecule has 0 heterocycles. The molecule has 0 spiro atoms. The number of esters is 1. The molecule has 0 aromatic heterocycles. The van der Waals surface area contributed by atoms with E-state index in [1.165, 1.54) is 6.26 Å². The number of hydrogen-bond acceptors (Lipinski definition) is 2. The second-order valence-electron chi connectivity index (χ2n) is 3.48. The van der Waals surface area contributed by atoms with Gasteiger partial charge in [-0.3, -0.25) is 4.79 Å². The second-order valence-corrected chi connectivity index (χ2v) is 3.48. The monoisotopic (exact) mass is 182 g/mol. The average molecular weight is 182 g/mol. The van der Waals surface area contributed by atoms with Crippen molar-refractivity contribution in [3.05, 3.63) is 24.5 Å². The summed E-state index contributed by atoms with van der Waals surface area (Å²) in [5, 5.41) is 0. The van der Waals surface area contributed by atoms with Crippen molar-refractivity contribution in [2.75, 3.05) is 0 Å². The molecule has 1 unspecified atom stereocenters. The standard InChI is InChI=1S/C11H18O2/c1-6-13-11(12)10(5)9(4)7-8(2)3/h6-8,10H,1H2,2-5H3. The molecule has 0 aromatic carbocycles. The number of carbonyl (C=O) groups is 1. The molecule has 0 fully saturated rings. The fourth-order valence-corrected chi connectivity index (χ4v) is 1.04. The summed E-state index contributed by atoms with van der Waals surface area (Å²) < 4.78 is 4.69. The Balaban J connectivity index is 4.32. The lowest BCUT2D eigenvalue weighted by atomic mass is 9.99. The van der Waals surface area contributed by atoms with Gasteiger partial charge in [0.2, 0.25) is 0 Å². The van der Waals surface area contributed by atoms with Crippen molar-refractivity contribution >= 4 is 5.97 Å². The fraction of sp³-hybridized carbons (Fsp3) is 0.545. The first-order valence-electron chi connectivity index (χ1n) is 4.48. The predicted octanol–water partition coefficient (Wildman–Crippen LogP) is 2.91. The van der Waals surface area contributed by atoms with Gasteiger partial charge in [-0.2, -0.15) is 0 Å². The summed E-state index contributed by atoms with van der Waals surface area (Å²) >= 11 is 0. The van der Waals surface area contributed by atoms with Crippen LogP contribution in [0.1, 0.15) is 27.7 Å². The van der Waals surface area contributed by atoms with E-state index in [0.29, 0.717) is 5.92 Å². The molecule has 0 saturated heterocycles. The minimum atomic E-state index is -0.246. The summed E-state index contributed by atoms with van der Waals surface area (Å²) in [5.74, 6) is 0.0313. The van der Waals surface area contributed by atoms with Crippen LogP contribution in [-0.2, 0) is 9.53 Å². The molecule has 0 aliphatic heterocycles. The van der Waals surface area contributed by atoms with E-state index in [-0.39, 0.29) is 11.9 Å². The Morgan fingerprint density at radius 2 is 1.92 bits per heavy atom. The van der Waals surface area contributed by atoms with Crippen LogP contribution >= 0.6 is 0 Å². The topological polar surface area (TPSA) is 26.3 Å². The van der Waals surface area contributed by atoms with Gasteiger partial charge in [0.05, 0.1) is 12.2 Å². The van der Waals surface area contributed by atoms with Crippen molar-refractivity contribution in [3.63, 3.8) is 0 Å². The molecule has 0 aliphatic rings. The molecule has 1 atom stereocenters. The maximum Gasteiger partial charge on any atom is 0.317 e. The smallest absolute Gasteiger partial charge is 0.317 e. The summed E-state index contributed by atoms with van der Waals surface area (Å²) in [7, 11) is 0. The molecule has 0 N–H and O–H groups in total. The van der Waals surface area contributed by atoms with E-state index in [0.717, 1.165) is 5.57 Å². The van der Waals surface area contributed by atoms with Crippen molar-refractivity contribution in [2.45, 2.75) is 27.7 Å². The van der Waals surface area contributed by atoms with Gasteiger partial charge in [-0.1, -0.05) is 32.1 Å². The zero-order valence-corrected chi connectivity index (χ0v) is 8.83. The molecule has 0 aromatic rings. The van der Waals surface area contributed by atoms with E-state index in [9.17, 15) is 4.79 Å². The van der Waals surface area contributed by atoms with Crippen LogP contribution in [0.25, 0.3) is 0 Å². The van der Waals surface area contributed by atoms with Gasteiger partial charge < -0.3 is 4.74 Å². The lowest BCUT2D eigenvalue weighted by Gasteiger charge is -2.10. The first kappa shape index (κ1) is 11.9. The van der Waals surface area contributed by atoms with Crippen molar-refractivity contribution in [1.82, 2.24) is 0 Å². The van der Waals surface area contributed by atoms with Crippen LogP contribution in [0, 0.1) is 11.8 Å². The number of allylic oxidation sites excluding steroid dienone is 1. The zero-order chi connectivity index (χ0) is 10.4. The number of ether oxygens (including phenoxy) is 1. The van der Waals surface area contributed by atoms with E-state index in [1.54, 1.807) is 0 Å². The second kappa shape index (κ2) is 5.57. The Morgan fingerprint density at radius 1 is 1.38 bits per heavy atom. The summed E-state index contributed by atoms with van der Waals surface area (Å²) in [5.41, 5.74) is 1.04. The highest BCUT2D eigenvalue weighted by molar-refractivity contribution is 5.75. The summed E-state index contributed by atoms with van der Waals surface area (Å²) in [6.45, 7) is 11.3. The third-order valence-electron chi connectivity index (χ3n) is 1.83. The highest BCUT2D eigenvalue weighted by Crippen LogP contribution is 2.14. The Labute approximate surface area is 80.3 Å². The third kappa shape index (κ3) is 4.51. The first-order chi connectivity index (χ1) is 5.99. The van der Waals surface area contributed by atoms with Crippen LogP contribution in [-0.4, -0.2) is 5.97 Å². The minimum absolute atomic E-state index is 0.180. The third-order valence-corrected chi connectivity index (χ3v) is 1.83. The molecule has 2 heteroatoms. The van der Waals surface area contributed by atoms with Gasteiger partial charge in [0, 0.05) is 0 Å². The molecule has 0 aliphatic carbocycles. The molecule has 0 radical (unpaired) electrons. The quantitative estimate of drug-likeness (QED) is 0.379. The van der Waals surface area contributed by atoms with Crippen LogP contribution in [0.5, 0.6) is 0 Å². The molecule has 0 bridgehead atoms.